The number of nitrogens with zero attached hydrogens (tertiary/aromatic N) is 1. The lowest BCUT2D eigenvalue weighted by Gasteiger charge is -2.20. The maximum Gasteiger partial charge on any atom is 0.277 e. The molecule has 6 heteroatoms. The highest BCUT2D eigenvalue weighted by Gasteiger charge is 2.20. The van der Waals surface area contributed by atoms with Gasteiger partial charge in [0.05, 0.1) is 6.54 Å². The molecule has 0 atom stereocenters. The van der Waals surface area contributed by atoms with Crippen LogP contribution in [0.1, 0.15) is 16.1 Å². The van der Waals surface area contributed by atoms with Gasteiger partial charge in [-0.05, 0) is 29.8 Å². The largest absolute Gasteiger partial charge is 0.370 e. The van der Waals surface area contributed by atoms with Crippen molar-refractivity contribution >= 4 is 38.7 Å². The van der Waals surface area contributed by atoms with Crippen molar-refractivity contribution < 1.29 is 4.79 Å². The van der Waals surface area contributed by atoms with Gasteiger partial charge >= 0.3 is 0 Å². The second-order valence-corrected chi connectivity index (χ2v) is 6.09. The topological polar surface area (TPSA) is 86.0 Å². The van der Waals surface area contributed by atoms with E-state index in [1.54, 1.807) is 6.07 Å². The third-order valence-corrected chi connectivity index (χ3v) is 4.08. The second kappa shape index (κ2) is 6.26. The molecule has 0 fully saturated rings. The van der Waals surface area contributed by atoms with Crippen molar-refractivity contribution in [2.24, 2.45) is 5.73 Å². The highest BCUT2D eigenvalue weighted by atomic mass is 79.9. The van der Waals surface area contributed by atoms with Gasteiger partial charge in [0.25, 0.3) is 5.91 Å². The molecular weight excluding hydrogens is 356 g/mol. The summed E-state index contributed by atoms with van der Waals surface area (Å²) in [4.78, 5) is 17.0. The normalized spacial score (nSPS) is 10.7. The molecule has 3 aromatic rings. The summed E-state index contributed by atoms with van der Waals surface area (Å²) in [6, 6.07) is 17.0. The number of fused-ring (bicyclic) bond motifs is 1. The number of para-hydroxylation sites is 1. The Hall–Kier alpha value is -2.60. The van der Waals surface area contributed by atoms with Gasteiger partial charge < -0.3 is 10.7 Å². The van der Waals surface area contributed by atoms with Gasteiger partial charge in [0.15, 0.2) is 5.96 Å². The van der Waals surface area contributed by atoms with Crippen molar-refractivity contribution in [1.29, 1.82) is 5.41 Å². The van der Waals surface area contributed by atoms with E-state index in [0.29, 0.717) is 5.69 Å². The minimum absolute atomic E-state index is 0.247. The molecule has 0 radical (unpaired) electrons. The maximum atomic E-state index is 12.7. The predicted octanol–water partition coefficient (Wildman–Crippen LogP) is 3.47. The van der Waals surface area contributed by atoms with Gasteiger partial charge in [-0.15, -0.1) is 0 Å². The van der Waals surface area contributed by atoms with E-state index < -0.39 is 0 Å². The van der Waals surface area contributed by atoms with Crippen LogP contribution in [0.2, 0.25) is 0 Å². The molecule has 3 rings (SSSR count). The number of guanidine groups is 1. The fourth-order valence-electron chi connectivity index (χ4n) is 2.37. The monoisotopic (exact) mass is 370 g/mol. The highest BCUT2D eigenvalue weighted by Crippen LogP contribution is 2.18. The third kappa shape index (κ3) is 3.27. The van der Waals surface area contributed by atoms with Gasteiger partial charge in [-0.2, -0.15) is 0 Å². The van der Waals surface area contributed by atoms with Crippen LogP contribution in [-0.2, 0) is 6.54 Å². The summed E-state index contributed by atoms with van der Waals surface area (Å²) >= 11 is 3.37. The quantitative estimate of drug-likeness (QED) is 0.486. The number of nitrogens with two attached hydrogens (primary N) is 1. The highest BCUT2D eigenvalue weighted by molar-refractivity contribution is 9.10. The Morgan fingerprint density at radius 3 is 2.52 bits per heavy atom. The number of aromatic amines is 1. The number of rotatable bonds is 3. The Kier molecular flexibility index (Phi) is 4.16. The first-order chi connectivity index (χ1) is 11.0. The number of H-pyrrole nitrogens is 1. The van der Waals surface area contributed by atoms with Gasteiger partial charge in [-0.1, -0.05) is 46.3 Å². The van der Waals surface area contributed by atoms with Gasteiger partial charge in [-0.3, -0.25) is 15.1 Å². The predicted molar refractivity (Wildman–Crippen MR) is 94.2 cm³/mol. The van der Waals surface area contributed by atoms with Gasteiger partial charge in [-0.25, -0.2) is 0 Å². The fraction of sp³-hybridized carbons (Fsp3) is 0.0588. The molecule has 4 N–H and O–H groups in total. The lowest BCUT2D eigenvalue weighted by molar-refractivity contribution is 0.0833. The molecule has 0 aliphatic carbocycles. The molecule has 23 heavy (non-hydrogen) atoms. The van der Waals surface area contributed by atoms with Crippen LogP contribution in [0.15, 0.2) is 59.1 Å². The first kappa shape index (κ1) is 15.3. The van der Waals surface area contributed by atoms with Crippen LogP contribution in [0, 0.1) is 5.41 Å². The van der Waals surface area contributed by atoms with Crippen LogP contribution < -0.4 is 5.73 Å². The first-order valence-corrected chi connectivity index (χ1v) is 7.82. The summed E-state index contributed by atoms with van der Waals surface area (Å²) in [6.45, 7) is 0.247. The average Bonchev–Trinajstić information content (AvgIpc) is 2.97. The van der Waals surface area contributed by atoms with E-state index in [1.807, 2.05) is 48.5 Å². The van der Waals surface area contributed by atoms with Crippen molar-refractivity contribution in [3.05, 3.63) is 70.3 Å². The zero-order valence-electron chi connectivity index (χ0n) is 12.2. The number of halogens is 1. The van der Waals surface area contributed by atoms with Crippen molar-refractivity contribution in [1.82, 2.24) is 9.88 Å². The SMILES string of the molecule is N=C(N)N(Cc1ccc(Br)cc1)C(=O)c1cc2ccccc2[nH]1. The second-order valence-electron chi connectivity index (χ2n) is 5.17. The van der Waals surface area contributed by atoms with Crippen molar-refractivity contribution in [3.8, 4) is 0 Å². The molecule has 0 bridgehead atoms. The Morgan fingerprint density at radius 2 is 1.87 bits per heavy atom. The summed E-state index contributed by atoms with van der Waals surface area (Å²) in [5, 5.41) is 8.66. The van der Waals surface area contributed by atoms with Crippen molar-refractivity contribution in [3.63, 3.8) is 0 Å². The number of nitrogens with one attached hydrogen (secondary N) is 2. The maximum absolute atomic E-state index is 12.7. The number of carbonyl (C=O) groups is 1. The van der Waals surface area contributed by atoms with Gasteiger partial charge in [0.1, 0.15) is 5.69 Å². The van der Waals surface area contributed by atoms with Crippen LogP contribution in [0.4, 0.5) is 0 Å². The van der Waals surface area contributed by atoms with E-state index in [2.05, 4.69) is 20.9 Å². The minimum Gasteiger partial charge on any atom is -0.370 e. The standard InChI is InChI=1S/C17H15BrN4O/c18-13-7-5-11(6-8-13)10-22(17(19)20)16(23)15-9-12-3-1-2-4-14(12)21-15/h1-9,21H,10H2,(H3,19,20). The van der Waals surface area contributed by atoms with Gasteiger partial charge in [0.2, 0.25) is 0 Å². The van der Waals surface area contributed by atoms with E-state index in [1.165, 1.54) is 4.90 Å². The number of benzene rings is 2. The minimum atomic E-state index is -0.323. The molecular formula is C17H15BrN4O. The molecule has 0 spiro atoms. The van der Waals surface area contributed by atoms with E-state index in [0.717, 1.165) is 20.9 Å². The van der Waals surface area contributed by atoms with E-state index >= 15 is 0 Å². The summed E-state index contributed by atoms with van der Waals surface area (Å²) in [5.74, 6) is -0.604. The molecule has 116 valence electrons. The summed E-state index contributed by atoms with van der Waals surface area (Å²) in [7, 11) is 0. The molecule has 2 aromatic carbocycles. The number of aromatic nitrogens is 1. The molecule has 0 saturated carbocycles. The molecule has 1 amide bonds. The number of hydrogen-bond donors (Lipinski definition) is 3. The molecule has 0 aliphatic heterocycles. The number of amides is 1. The van der Waals surface area contributed by atoms with E-state index in [4.69, 9.17) is 11.1 Å². The fourth-order valence-corrected chi connectivity index (χ4v) is 2.64. The van der Waals surface area contributed by atoms with E-state index in [-0.39, 0.29) is 18.4 Å². The third-order valence-electron chi connectivity index (χ3n) is 3.55. The van der Waals surface area contributed by atoms with Crippen molar-refractivity contribution in [2.75, 3.05) is 0 Å². The Balaban J connectivity index is 1.89. The average molecular weight is 371 g/mol. The van der Waals surface area contributed by atoms with E-state index in [9.17, 15) is 4.79 Å². The van der Waals surface area contributed by atoms with Crippen LogP contribution in [0.25, 0.3) is 10.9 Å². The zero-order chi connectivity index (χ0) is 16.4. The molecule has 0 saturated heterocycles. The lowest BCUT2D eigenvalue weighted by Crippen LogP contribution is -2.40. The smallest absolute Gasteiger partial charge is 0.277 e. The lowest BCUT2D eigenvalue weighted by atomic mass is 10.2. The molecule has 5 nitrogen and oxygen atoms in total. The van der Waals surface area contributed by atoms with Gasteiger partial charge in [0, 0.05) is 15.4 Å². The summed E-state index contributed by atoms with van der Waals surface area (Å²) in [6.07, 6.45) is 0. The number of hydrogen-bond acceptors (Lipinski definition) is 2. The Labute approximate surface area is 141 Å². The molecule has 0 unspecified atom stereocenters. The Morgan fingerprint density at radius 1 is 1.17 bits per heavy atom. The van der Waals surface area contributed by atoms with Crippen LogP contribution >= 0.6 is 15.9 Å². The molecule has 0 aliphatic rings. The summed E-state index contributed by atoms with van der Waals surface area (Å²) in [5.41, 5.74) is 7.80. The summed E-state index contributed by atoms with van der Waals surface area (Å²) < 4.78 is 0.956. The Bertz CT molecular complexity index is 837. The van der Waals surface area contributed by atoms with Crippen LogP contribution in [0.5, 0.6) is 0 Å². The molecule has 1 aromatic heterocycles. The zero-order valence-corrected chi connectivity index (χ0v) is 13.8. The van der Waals surface area contributed by atoms with Crippen LogP contribution in [-0.4, -0.2) is 21.8 Å². The number of carbonyl (C=O) groups excluding carboxylic acids is 1. The van der Waals surface area contributed by atoms with Crippen LogP contribution in [0.3, 0.4) is 0 Å². The van der Waals surface area contributed by atoms with Crippen molar-refractivity contribution in [2.45, 2.75) is 6.54 Å². The molecule has 1 heterocycles. The first-order valence-electron chi connectivity index (χ1n) is 7.02.